The highest BCUT2D eigenvalue weighted by Gasteiger charge is 2.15. The maximum absolute atomic E-state index is 11.5. The molecule has 1 N–H and O–H groups in total. The van der Waals surface area contributed by atoms with Crippen molar-refractivity contribution in [3.8, 4) is 0 Å². The molecule has 0 aliphatic heterocycles. The van der Waals surface area contributed by atoms with Crippen molar-refractivity contribution in [2.45, 2.75) is 26.6 Å². The van der Waals surface area contributed by atoms with E-state index in [1.54, 1.807) is 6.92 Å². The molecule has 1 atom stereocenters. The third-order valence-electron chi connectivity index (χ3n) is 2.33. The van der Waals surface area contributed by atoms with Gasteiger partial charge in [0, 0.05) is 5.57 Å². The van der Waals surface area contributed by atoms with Gasteiger partial charge in [0.2, 0.25) is 6.29 Å². The van der Waals surface area contributed by atoms with Gasteiger partial charge >= 0.3 is 5.97 Å². The van der Waals surface area contributed by atoms with Gasteiger partial charge in [-0.15, -0.1) is 0 Å². The van der Waals surface area contributed by atoms with Gasteiger partial charge in [0.15, 0.2) is 0 Å². The lowest BCUT2D eigenvalue weighted by atomic mass is 10.4. The minimum Gasteiger partial charge on any atom is -0.430 e. The monoisotopic (exact) mass is 320 g/mol. The Labute approximate surface area is 132 Å². The van der Waals surface area contributed by atoms with E-state index in [-0.39, 0.29) is 13.2 Å². The summed E-state index contributed by atoms with van der Waals surface area (Å²) in [5.41, 5.74) is 0.316. The lowest BCUT2D eigenvalue weighted by molar-refractivity contribution is -0.187. The van der Waals surface area contributed by atoms with Gasteiger partial charge in [0.25, 0.3) is 0 Å². The third-order valence-corrected chi connectivity index (χ3v) is 2.33. The molecule has 0 amide bonds. The summed E-state index contributed by atoms with van der Waals surface area (Å²) in [6.07, 6.45) is 0.0787. The van der Waals surface area contributed by atoms with Crippen molar-refractivity contribution < 1.29 is 33.6 Å². The number of rotatable bonds is 15. The highest BCUT2D eigenvalue weighted by Crippen LogP contribution is 2.02. The Morgan fingerprint density at radius 3 is 2.18 bits per heavy atom. The topological polar surface area (TPSA) is 83.5 Å². The number of esters is 1. The van der Waals surface area contributed by atoms with Crippen LogP contribution in [0, 0.1) is 0 Å². The van der Waals surface area contributed by atoms with Gasteiger partial charge in [-0.1, -0.05) is 13.5 Å². The average molecular weight is 320 g/mol. The molecule has 1 unspecified atom stereocenters. The summed E-state index contributed by atoms with van der Waals surface area (Å²) in [5, 5.41) is 8.51. The van der Waals surface area contributed by atoms with E-state index in [0.29, 0.717) is 45.2 Å². The van der Waals surface area contributed by atoms with Crippen LogP contribution in [-0.2, 0) is 28.5 Å². The Bertz CT molecular complexity index is 294. The fraction of sp³-hybridized carbons (Fsp3) is 0.800. The van der Waals surface area contributed by atoms with Crippen molar-refractivity contribution in [3.05, 3.63) is 12.2 Å². The zero-order valence-electron chi connectivity index (χ0n) is 13.5. The van der Waals surface area contributed by atoms with Crippen LogP contribution in [0.25, 0.3) is 0 Å². The van der Waals surface area contributed by atoms with Crippen LogP contribution >= 0.6 is 0 Å². The molecule has 7 heteroatoms. The molecule has 0 radical (unpaired) electrons. The first-order valence-electron chi connectivity index (χ1n) is 7.44. The van der Waals surface area contributed by atoms with Crippen molar-refractivity contribution in [3.63, 3.8) is 0 Å². The number of aliphatic hydroxyl groups excluding tert-OH is 1. The quantitative estimate of drug-likeness (QED) is 0.208. The minimum atomic E-state index is -0.739. The molecule has 0 aromatic heterocycles. The molecule has 0 saturated heterocycles. The predicted molar refractivity (Wildman–Crippen MR) is 80.5 cm³/mol. The van der Waals surface area contributed by atoms with Crippen molar-refractivity contribution in [2.24, 2.45) is 0 Å². The van der Waals surface area contributed by atoms with E-state index in [1.807, 2.05) is 6.92 Å². The highest BCUT2D eigenvalue weighted by molar-refractivity contribution is 5.87. The summed E-state index contributed by atoms with van der Waals surface area (Å²) >= 11 is 0. The van der Waals surface area contributed by atoms with E-state index in [0.717, 1.165) is 6.42 Å². The molecule has 0 heterocycles. The van der Waals surface area contributed by atoms with Crippen molar-refractivity contribution in [1.29, 1.82) is 0 Å². The Balaban J connectivity index is 3.70. The first-order valence-corrected chi connectivity index (χ1v) is 7.44. The average Bonchev–Trinajstić information content (AvgIpc) is 2.50. The second kappa shape index (κ2) is 14.9. The molecular weight excluding hydrogens is 292 g/mol. The fourth-order valence-electron chi connectivity index (χ4n) is 1.27. The number of ether oxygens (including phenoxy) is 5. The smallest absolute Gasteiger partial charge is 0.335 e. The van der Waals surface area contributed by atoms with Gasteiger partial charge in [-0.3, -0.25) is 0 Å². The molecule has 0 aliphatic rings. The van der Waals surface area contributed by atoms with Gasteiger partial charge in [0.05, 0.1) is 46.2 Å². The standard InChI is InChI=1S/C15H28O7/c1-4-6-21-14(22-15(17)13(2)3)12-20-11-10-19-9-8-18-7-5-16/h14,16H,2,4-12H2,1,3H3. The van der Waals surface area contributed by atoms with E-state index in [4.69, 9.17) is 28.8 Å². The Morgan fingerprint density at radius 2 is 1.64 bits per heavy atom. The van der Waals surface area contributed by atoms with E-state index in [2.05, 4.69) is 6.58 Å². The van der Waals surface area contributed by atoms with Crippen LogP contribution in [0.4, 0.5) is 0 Å². The number of hydrogen-bond donors (Lipinski definition) is 1. The van der Waals surface area contributed by atoms with E-state index < -0.39 is 12.3 Å². The van der Waals surface area contributed by atoms with Crippen molar-refractivity contribution in [1.82, 2.24) is 0 Å². The Kier molecular flexibility index (Phi) is 14.3. The maximum atomic E-state index is 11.5. The lowest BCUT2D eigenvalue weighted by Crippen LogP contribution is -2.28. The maximum Gasteiger partial charge on any atom is 0.335 e. The van der Waals surface area contributed by atoms with Crippen LogP contribution in [0.5, 0.6) is 0 Å². The summed E-state index contributed by atoms with van der Waals surface area (Å²) < 4.78 is 26.2. The molecule has 130 valence electrons. The van der Waals surface area contributed by atoms with E-state index >= 15 is 0 Å². The lowest BCUT2D eigenvalue weighted by Gasteiger charge is -2.18. The molecule has 7 nitrogen and oxygen atoms in total. The molecular formula is C15H28O7. The largest absolute Gasteiger partial charge is 0.430 e. The number of aliphatic hydroxyl groups is 1. The summed E-state index contributed by atoms with van der Waals surface area (Å²) in [7, 11) is 0. The van der Waals surface area contributed by atoms with Crippen LogP contribution in [0.3, 0.4) is 0 Å². The van der Waals surface area contributed by atoms with Crippen LogP contribution in [0.1, 0.15) is 20.3 Å². The predicted octanol–water partition coefficient (Wildman–Crippen LogP) is 0.900. The molecule has 0 saturated carbocycles. The van der Waals surface area contributed by atoms with Crippen LogP contribution in [0.2, 0.25) is 0 Å². The molecule has 0 aliphatic carbocycles. The molecule has 0 aromatic rings. The number of carbonyl (C=O) groups excluding carboxylic acids is 1. The molecule has 0 fully saturated rings. The summed E-state index contributed by atoms with van der Waals surface area (Å²) in [5.74, 6) is -0.498. The van der Waals surface area contributed by atoms with Gasteiger partial charge < -0.3 is 28.8 Å². The minimum absolute atomic E-state index is 0.00512. The zero-order valence-corrected chi connectivity index (χ0v) is 13.5. The summed E-state index contributed by atoms with van der Waals surface area (Å²) in [6.45, 7) is 9.62. The fourth-order valence-corrected chi connectivity index (χ4v) is 1.27. The third kappa shape index (κ3) is 12.7. The normalized spacial score (nSPS) is 12.1. The molecule has 0 spiro atoms. The van der Waals surface area contributed by atoms with Gasteiger partial charge in [-0.25, -0.2) is 4.79 Å². The number of carbonyl (C=O) groups is 1. The van der Waals surface area contributed by atoms with Crippen molar-refractivity contribution in [2.75, 3.05) is 52.9 Å². The van der Waals surface area contributed by atoms with Crippen molar-refractivity contribution >= 4 is 5.97 Å². The molecule has 0 rings (SSSR count). The zero-order chi connectivity index (χ0) is 16.6. The molecule has 22 heavy (non-hydrogen) atoms. The first kappa shape index (κ1) is 21.0. The van der Waals surface area contributed by atoms with Crippen LogP contribution < -0.4 is 0 Å². The Hall–Kier alpha value is -0.990. The first-order chi connectivity index (χ1) is 10.6. The van der Waals surface area contributed by atoms with Gasteiger partial charge in [0.1, 0.15) is 6.61 Å². The second-order valence-corrected chi connectivity index (χ2v) is 4.51. The summed E-state index contributed by atoms with van der Waals surface area (Å²) in [4.78, 5) is 11.5. The highest BCUT2D eigenvalue weighted by atomic mass is 16.7. The molecule has 0 aromatic carbocycles. The summed E-state index contributed by atoms with van der Waals surface area (Å²) in [6, 6.07) is 0. The number of hydrogen-bond acceptors (Lipinski definition) is 7. The van der Waals surface area contributed by atoms with Crippen LogP contribution in [-0.4, -0.2) is 70.2 Å². The van der Waals surface area contributed by atoms with Crippen LogP contribution in [0.15, 0.2) is 12.2 Å². The van der Waals surface area contributed by atoms with Gasteiger partial charge in [-0.2, -0.15) is 0 Å². The van der Waals surface area contributed by atoms with E-state index in [9.17, 15) is 4.79 Å². The van der Waals surface area contributed by atoms with E-state index in [1.165, 1.54) is 0 Å². The SMILES string of the molecule is C=C(C)C(=O)OC(COCCOCCOCCO)OCCC. The Morgan fingerprint density at radius 1 is 1.05 bits per heavy atom. The van der Waals surface area contributed by atoms with Gasteiger partial charge in [-0.05, 0) is 13.3 Å². The second-order valence-electron chi connectivity index (χ2n) is 4.51. The molecule has 0 bridgehead atoms.